The minimum absolute atomic E-state index is 0.289. The Bertz CT molecular complexity index is 472. The summed E-state index contributed by atoms with van der Waals surface area (Å²) in [5.41, 5.74) is 1.09. The highest BCUT2D eigenvalue weighted by Crippen LogP contribution is 2.28. The molecule has 0 radical (unpaired) electrons. The maximum absolute atomic E-state index is 11.1. The van der Waals surface area contributed by atoms with Crippen LogP contribution in [0.2, 0.25) is 0 Å². The summed E-state index contributed by atoms with van der Waals surface area (Å²) in [6, 6.07) is 3.24. The molecule has 1 aliphatic carbocycles. The first-order valence-electron chi connectivity index (χ1n) is 7.13. The van der Waals surface area contributed by atoms with Crippen LogP contribution >= 0.6 is 0 Å². The number of carboxylic acids is 1. The van der Waals surface area contributed by atoms with E-state index in [1.165, 1.54) is 12.8 Å². The summed E-state index contributed by atoms with van der Waals surface area (Å²) in [4.78, 5) is 17.5. The minimum atomic E-state index is -0.915. The molecule has 2 rings (SSSR count). The molecular weight excluding hydrogens is 256 g/mol. The number of rotatable bonds is 8. The van der Waals surface area contributed by atoms with Crippen molar-refractivity contribution in [3.8, 4) is 0 Å². The Balaban J connectivity index is 1.94. The van der Waals surface area contributed by atoms with Gasteiger partial charge in [-0.2, -0.15) is 0 Å². The summed E-state index contributed by atoms with van der Waals surface area (Å²) >= 11 is 0. The van der Waals surface area contributed by atoms with E-state index in [1.54, 1.807) is 12.1 Å². The quantitative estimate of drug-likeness (QED) is 0.739. The van der Waals surface area contributed by atoms with Crippen molar-refractivity contribution in [1.29, 1.82) is 0 Å². The predicted octanol–water partition coefficient (Wildman–Crippen LogP) is 2.21. The molecule has 0 unspecified atom stereocenters. The number of anilines is 1. The first-order chi connectivity index (χ1) is 9.60. The van der Waals surface area contributed by atoms with Crippen molar-refractivity contribution in [2.75, 3.05) is 31.7 Å². The fourth-order valence-corrected chi connectivity index (χ4v) is 1.92. The van der Waals surface area contributed by atoms with Crippen LogP contribution in [0, 0.1) is 5.92 Å². The van der Waals surface area contributed by atoms with Crippen LogP contribution in [0.15, 0.2) is 12.1 Å². The number of likely N-dealkylation sites (N-methyl/N-ethyl adjacent to an activating group) is 1. The lowest BCUT2D eigenvalue weighted by Gasteiger charge is -2.19. The largest absolute Gasteiger partial charge is 0.478 e. The van der Waals surface area contributed by atoms with Crippen molar-refractivity contribution in [3.05, 3.63) is 23.4 Å². The summed E-state index contributed by atoms with van der Waals surface area (Å²) in [6.45, 7) is 4.17. The van der Waals surface area contributed by atoms with Crippen molar-refractivity contribution < 1.29 is 14.6 Å². The third-order valence-electron chi connectivity index (χ3n) is 3.49. The topological polar surface area (TPSA) is 62.7 Å². The van der Waals surface area contributed by atoms with Gasteiger partial charge in [0.15, 0.2) is 0 Å². The molecule has 1 aromatic heterocycles. The molecule has 5 heteroatoms. The molecule has 0 aliphatic heterocycles. The van der Waals surface area contributed by atoms with Gasteiger partial charge in [-0.25, -0.2) is 9.78 Å². The van der Waals surface area contributed by atoms with Gasteiger partial charge in [0.05, 0.1) is 12.2 Å². The smallest absolute Gasteiger partial charge is 0.335 e. The SMILES string of the molecule is CCc1cc(C(=O)O)cc(N(C)CCOCC2CC2)n1. The number of aryl methyl sites for hydroxylation is 1. The van der Waals surface area contributed by atoms with Crippen LogP contribution in [-0.2, 0) is 11.2 Å². The van der Waals surface area contributed by atoms with E-state index >= 15 is 0 Å². The maximum Gasteiger partial charge on any atom is 0.335 e. The first-order valence-corrected chi connectivity index (χ1v) is 7.13. The zero-order chi connectivity index (χ0) is 14.5. The van der Waals surface area contributed by atoms with Crippen molar-refractivity contribution in [3.63, 3.8) is 0 Å². The standard InChI is InChI=1S/C15H22N2O3/c1-3-13-8-12(15(18)19)9-14(16-13)17(2)6-7-20-10-11-4-5-11/h8-9,11H,3-7,10H2,1-2H3,(H,18,19). The zero-order valence-electron chi connectivity index (χ0n) is 12.1. The highest BCUT2D eigenvalue weighted by Gasteiger charge is 2.21. The Kier molecular flexibility index (Phi) is 4.95. The molecule has 1 N–H and O–H groups in total. The zero-order valence-corrected chi connectivity index (χ0v) is 12.1. The van der Waals surface area contributed by atoms with Gasteiger partial charge < -0.3 is 14.7 Å². The van der Waals surface area contributed by atoms with Crippen molar-refractivity contribution in [1.82, 2.24) is 4.98 Å². The second kappa shape index (κ2) is 6.70. The molecule has 1 heterocycles. The minimum Gasteiger partial charge on any atom is -0.478 e. The molecule has 0 saturated heterocycles. The monoisotopic (exact) mass is 278 g/mol. The van der Waals surface area contributed by atoms with Gasteiger partial charge in [0.1, 0.15) is 5.82 Å². The molecule has 0 aromatic carbocycles. The number of aromatic nitrogens is 1. The van der Waals surface area contributed by atoms with Crippen LogP contribution < -0.4 is 4.90 Å². The lowest BCUT2D eigenvalue weighted by molar-refractivity contribution is 0.0696. The van der Waals surface area contributed by atoms with Crippen LogP contribution in [0.3, 0.4) is 0 Å². The molecule has 20 heavy (non-hydrogen) atoms. The first kappa shape index (κ1) is 14.8. The second-order valence-electron chi connectivity index (χ2n) is 5.30. The van der Waals surface area contributed by atoms with Crippen molar-refractivity contribution in [2.24, 2.45) is 5.92 Å². The van der Waals surface area contributed by atoms with Crippen LogP contribution in [-0.4, -0.2) is 42.9 Å². The Hall–Kier alpha value is -1.62. The van der Waals surface area contributed by atoms with Crippen LogP contribution in [0.5, 0.6) is 0 Å². The Labute approximate surface area is 119 Å². The predicted molar refractivity (Wildman–Crippen MR) is 77.4 cm³/mol. The van der Waals surface area contributed by atoms with Gasteiger partial charge in [-0.1, -0.05) is 6.92 Å². The number of nitrogens with zero attached hydrogens (tertiary/aromatic N) is 2. The van der Waals surface area contributed by atoms with Crippen LogP contribution in [0.25, 0.3) is 0 Å². The number of pyridine rings is 1. The molecule has 1 fully saturated rings. The van der Waals surface area contributed by atoms with E-state index in [4.69, 9.17) is 9.84 Å². The lowest BCUT2D eigenvalue weighted by Crippen LogP contribution is -2.24. The molecule has 0 atom stereocenters. The third kappa shape index (κ3) is 4.20. The molecule has 0 bridgehead atoms. The van der Waals surface area contributed by atoms with Gasteiger partial charge in [0.25, 0.3) is 0 Å². The molecule has 0 amide bonds. The number of hydrogen-bond acceptors (Lipinski definition) is 4. The fourth-order valence-electron chi connectivity index (χ4n) is 1.92. The molecule has 1 aliphatic rings. The second-order valence-corrected chi connectivity index (χ2v) is 5.30. The van der Waals surface area contributed by atoms with Crippen LogP contribution in [0.1, 0.15) is 35.8 Å². The summed E-state index contributed by atoms with van der Waals surface area (Å²) in [5.74, 6) is 0.541. The van der Waals surface area contributed by atoms with Gasteiger partial charge in [-0.3, -0.25) is 0 Å². The summed E-state index contributed by atoms with van der Waals surface area (Å²) in [7, 11) is 1.91. The number of carboxylic acid groups (broad SMARTS) is 1. The number of ether oxygens (including phenoxy) is 1. The average molecular weight is 278 g/mol. The van der Waals surface area contributed by atoms with Crippen LogP contribution in [0.4, 0.5) is 5.82 Å². The van der Waals surface area contributed by atoms with E-state index in [2.05, 4.69) is 4.98 Å². The maximum atomic E-state index is 11.1. The van der Waals surface area contributed by atoms with E-state index in [0.717, 1.165) is 24.6 Å². The Morgan fingerprint density at radius 3 is 2.85 bits per heavy atom. The lowest BCUT2D eigenvalue weighted by atomic mass is 10.2. The Morgan fingerprint density at radius 1 is 1.50 bits per heavy atom. The number of carbonyl (C=O) groups is 1. The van der Waals surface area contributed by atoms with Gasteiger partial charge >= 0.3 is 5.97 Å². The molecule has 1 aromatic rings. The number of aromatic carboxylic acids is 1. The average Bonchev–Trinajstić information content (AvgIpc) is 3.26. The Morgan fingerprint density at radius 2 is 2.25 bits per heavy atom. The van der Waals surface area contributed by atoms with E-state index in [1.807, 2.05) is 18.9 Å². The molecule has 5 nitrogen and oxygen atoms in total. The number of hydrogen-bond donors (Lipinski definition) is 1. The van der Waals surface area contributed by atoms with E-state index < -0.39 is 5.97 Å². The highest BCUT2D eigenvalue weighted by molar-refractivity contribution is 5.88. The van der Waals surface area contributed by atoms with Gasteiger partial charge in [-0.15, -0.1) is 0 Å². The summed E-state index contributed by atoms with van der Waals surface area (Å²) in [6.07, 6.45) is 3.30. The molecule has 1 saturated carbocycles. The van der Waals surface area contributed by atoms with Crippen molar-refractivity contribution >= 4 is 11.8 Å². The van der Waals surface area contributed by atoms with Gasteiger partial charge in [0, 0.05) is 25.9 Å². The van der Waals surface area contributed by atoms with E-state index in [0.29, 0.717) is 19.0 Å². The third-order valence-corrected chi connectivity index (χ3v) is 3.49. The van der Waals surface area contributed by atoms with E-state index in [9.17, 15) is 4.79 Å². The summed E-state index contributed by atoms with van der Waals surface area (Å²) < 4.78 is 5.60. The fraction of sp³-hybridized carbons (Fsp3) is 0.600. The molecular formula is C15H22N2O3. The molecule has 0 spiro atoms. The highest BCUT2D eigenvalue weighted by atomic mass is 16.5. The molecule has 110 valence electrons. The van der Waals surface area contributed by atoms with E-state index in [-0.39, 0.29) is 5.56 Å². The summed E-state index contributed by atoms with van der Waals surface area (Å²) in [5, 5.41) is 9.12. The van der Waals surface area contributed by atoms with Gasteiger partial charge in [-0.05, 0) is 37.3 Å². The van der Waals surface area contributed by atoms with Gasteiger partial charge in [0.2, 0.25) is 0 Å². The van der Waals surface area contributed by atoms with Crippen molar-refractivity contribution in [2.45, 2.75) is 26.2 Å². The normalized spacial score (nSPS) is 14.3.